The number of aromatic hydroxyl groups is 1. The number of methoxy groups -OCH3 is 1. The molecule has 2 heterocycles. The van der Waals surface area contributed by atoms with E-state index in [1.807, 2.05) is 30.3 Å². The predicted octanol–water partition coefficient (Wildman–Crippen LogP) is 3.95. The van der Waals surface area contributed by atoms with Gasteiger partial charge in [0.1, 0.15) is 12.4 Å². The van der Waals surface area contributed by atoms with Gasteiger partial charge in [-0.05, 0) is 47.5 Å². The van der Waals surface area contributed by atoms with Crippen LogP contribution in [-0.2, 0) is 17.7 Å². The Hall–Kier alpha value is -2.90. The van der Waals surface area contributed by atoms with Crippen LogP contribution < -0.4 is 4.74 Å². The summed E-state index contributed by atoms with van der Waals surface area (Å²) in [6.45, 7) is 2.61. The van der Waals surface area contributed by atoms with Gasteiger partial charge >= 0.3 is 0 Å². The van der Waals surface area contributed by atoms with Crippen LogP contribution in [-0.4, -0.2) is 48.9 Å². The summed E-state index contributed by atoms with van der Waals surface area (Å²) in [5, 5.41) is 13.8. The van der Waals surface area contributed by atoms with E-state index in [-0.39, 0.29) is 11.6 Å². The minimum atomic E-state index is -0.192. The van der Waals surface area contributed by atoms with Gasteiger partial charge in [-0.25, -0.2) is 0 Å². The molecule has 0 saturated heterocycles. The summed E-state index contributed by atoms with van der Waals surface area (Å²) in [5.41, 5.74) is 5.07. The zero-order valence-electron chi connectivity index (χ0n) is 16.0. The van der Waals surface area contributed by atoms with Gasteiger partial charge in [-0.15, -0.1) is 4.91 Å². The number of ether oxygens (including phenoxy) is 2. The molecule has 0 spiro atoms. The summed E-state index contributed by atoms with van der Waals surface area (Å²) < 4.78 is 11.0. The Balaban J connectivity index is 1.94. The number of hydrogen-bond donors (Lipinski definition) is 2. The number of aromatic nitrogens is 1. The first kappa shape index (κ1) is 18.5. The van der Waals surface area contributed by atoms with Crippen molar-refractivity contribution in [2.75, 3.05) is 33.9 Å². The van der Waals surface area contributed by atoms with Crippen LogP contribution in [0.2, 0.25) is 0 Å². The molecular weight excluding hydrogens is 358 g/mol. The van der Waals surface area contributed by atoms with Crippen LogP contribution >= 0.6 is 0 Å². The molecule has 3 aromatic rings. The van der Waals surface area contributed by atoms with E-state index in [9.17, 15) is 10.0 Å². The molecule has 7 nitrogen and oxygen atoms in total. The molecule has 2 N–H and O–H groups in total. The summed E-state index contributed by atoms with van der Waals surface area (Å²) in [5.74, 6) is 0.572. The monoisotopic (exact) mass is 381 g/mol. The molecule has 28 heavy (non-hydrogen) atoms. The van der Waals surface area contributed by atoms with Crippen molar-refractivity contribution in [1.29, 1.82) is 0 Å². The fraction of sp³-hybridized carbons (Fsp3) is 0.333. The molecule has 1 aliphatic rings. The molecule has 0 aliphatic carbocycles. The highest BCUT2D eigenvalue weighted by Gasteiger charge is 2.25. The number of fused-ring (bicyclic) bond motifs is 3. The van der Waals surface area contributed by atoms with Crippen LogP contribution in [0.25, 0.3) is 22.0 Å². The number of likely N-dealkylation sites (N-methyl/N-ethyl adjacent to an activating group) is 1. The third-order valence-electron chi connectivity index (χ3n) is 5.26. The van der Waals surface area contributed by atoms with E-state index in [2.05, 4.69) is 22.1 Å². The van der Waals surface area contributed by atoms with Gasteiger partial charge in [0.2, 0.25) is 5.88 Å². The molecule has 0 bridgehead atoms. The number of nitroso groups, excluding NO2 is 1. The fourth-order valence-corrected chi connectivity index (χ4v) is 3.91. The summed E-state index contributed by atoms with van der Waals surface area (Å²) in [7, 11) is 3.70. The zero-order chi connectivity index (χ0) is 19.7. The maximum Gasteiger partial charge on any atom is 0.219 e. The molecule has 0 radical (unpaired) electrons. The molecule has 1 aliphatic heterocycles. The smallest absolute Gasteiger partial charge is 0.219 e. The van der Waals surface area contributed by atoms with Crippen molar-refractivity contribution < 1.29 is 14.6 Å². The molecule has 0 amide bonds. The Kier molecular flexibility index (Phi) is 5.02. The van der Waals surface area contributed by atoms with Gasteiger partial charge in [0.25, 0.3) is 0 Å². The van der Waals surface area contributed by atoms with Crippen molar-refractivity contribution in [3.8, 4) is 22.8 Å². The first-order valence-corrected chi connectivity index (χ1v) is 9.26. The molecule has 1 aromatic heterocycles. The summed E-state index contributed by atoms with van der Waals surface area (Å²) in [4.78, 5) is 16.5. The largest absolute Gasteiger partial charge is 0.493 e. The molecular formula is C21H23N3O4. The first-order valence-electron chi connectivity index (χ1n) is 9.26. The van der Waals surface area contributed by atoms with E-state index in [0.717, 1.165) is 47.5 Å². The molecule has 2 aromatic carbocycles. The Morgan fingerprint density at radius 3 is 2.82 bits per heavy atom. The molecule has 0 saturated carbocycles. The van der Waals surface area contributed by atoms with E-state index in [0.29, 0.717) is 18.6 Å². The SMILES string of the molecule is COCCOc1ccccc1-c1cc2c(N=O)c(O)[nH]c2c2c1CCN(C)C2. The lowest BCUT2D eigenvalue weighted by Crippen LogP contribution is -2.27. The third kappa shape index (κ3) is 3.12. The van der Waals surface area contributed by atoms with E-state index >= 15 is 0 Å². The second-order valence-electron chi connectivity index (χ2n) is 7.04. The number of nitrogens with zero attached hydrogens (tertiary/aromatic N) is 2. The topological polar surface area (TPSA) is 87.1 Å². The standard InChI is InChI=1S/C21H23N3O4/c1-24-8-7-13-15(14-5-3-4-6-18(14)28-10-9-27-2)11-16-19(17(13)12-24)22-21(25)20(16)23-26/h3-6,11,22,25H,7-10,12H2,1-2H3. The van der Waals surface area contributed by atoms with E-state index in [4.69, 9.17) is 9.47 Å². The Morgan fingerprint density at radius 1 is 1.21 bits per heavy atom. The van der Waals surface area contributed by atoms with Gasteiger partial charge in [-0.2, -0.15) is 0 Å². The highest BCUT2D eigenvalue weighted by molar-refractivity contribution is 6.00. The lowest BCUT2D eigenvalue weighted by molar-refractivity contribution is 0.146. The van der Waals surface area contributed by atoms with Crippen LogP contribution in [0, 0.1) is 4.91 Å². The Morgan fingerprint density at radius 2 is 2.04 bits per heavy atom. The normalized spacial score (nSPS) is 14.2. The lowest BCUT2D eigenvalue weighted by atomic mass is 9.88. The maximum atomic E-state index is 11.3. The predicted molar refractivity (Wildman–Crippen MR) is 108 cm³/mol. The van der Waals surface area contributed by atoms with E-state index < -0.39 is 0 Å². The molecule has 0 fully saturated rings. The van der Waals surface area contributed by atoms with Crippen molar-refractivity contribution in [2.24, 2.45) is 5.18 Å². The van der Waals surface area contributed by atoms with Gasteiger partial charge in [0, 0.05) is 31.1 Å². The summed E-state index contributed by atoms with van der Waals surface area (Å²) >= 11 is 0. The molecule has 0 atom stereocenters. The van der Waals surface area contributed by atoms with Crippen LogP contribution in [0.15, 0.2) is 35.5 Å². The average Bonchev–Trinajstić information content (AvgIpc) is 3.03. The molecule has 0 unspecified atom stereocenters. The van der Waals surface area contributed by atoms with Crippen molar-refractivity contribution in [1.82, 2.24) is 9.88 Å². The van der Waals surface area contributed by atoms with Gasteiger partial charge in [-0.3, -0.25) is 0 Å². The van der Waals surface area contributed by atoms with Gasteiger partial charge in [0.15, 0.2) is 5.69 Å². The first-order chi connectivity index (χ1) is 13.6. The van der Waals surface area contributed by atoms with Crippen molar-refractivity contribution in [3.05, 3.63) is 46.4 Å². The second-order valence-corrected chi connectivity index (χ2v) is 7.04. The number of benzene rings is 2. The van der Waals surface area contributed by atoms with Crippen LogP contribution in [0.3, 0.4) is 0 Å². The number of para-hydroxylation sites is 1. The molecule has 146 valence electrons. The number of aromatic amines is 1. The van der Waals surface area contributed by atoms with E-state index in [1.165, 1.54) is 5.56 Å². The summed E-state index contributed by atoms with van der Waals surface area (Å²) in [6.07, 6.45) is 0.868. The highest BCUT2D eigenvalue weighted by Crippen LogP contribution is 2.44. The Bertz CT molecular complexity index is 1030. The quantitative estimate of drug-likeness (QED) is 0.499. The summed E-state index contributed by atoms with van der Waals surface area (Å²) in [6, 6.07) is 9.79. The minimum absolute atomic E-state index is 0.0464. The number of H-pyrrole nitrogens is 1. The fourth-order valence-electron chi connectivity index (χ4n) is 3.91. The number of rotatable bonds is 6. The van der Waals surface area contributed by atoms with Crippen molar-refractivity contribution in [3.63, 3.8) is 0 Å². The van der Waals surface area contributed by atoms with Gasteiger partial charge in [-0.1, -0.05) is 18.2 Å². The zero-order valence-corrected chi connectivity index (χ0v) is 16.0. The number of hydrogen-bond acceptors (Lipinski definition) is 6. The van der Waals surface area contributed by atoms with Crippen molar-refractivity contribution >= 4 is 16.6 Å². The van der Waals surface area contributed by atoms with Crippen LogP contribution in [0.1, 0.15) is 11.1 Å². The maximum absolute atomic E-state index is 11.3. The van der Waals surface area contributed by atoms with Crippen LogP contribution in [0.4, 0.5) is 5.69 Å². The van der Waals surface area contributed by atoms with Crippen LogP contribution in [0.5, 0.6) is 11.6 Å². The van der Waals surface area contributed by atoms with Crippen molar-refractivity contribution in [2.45, 2.75) is 13.0 Å². The minimum Gasteiger partial charge on any atom is -0.493 e. The molecule has 7 heteroatoms. The Labute approximate surface area is 162 Å². The van der Waals surface area contributed by atoms with Gasteiger partial charge in [0.05, 0.1) is 12.1 Å². The second kappa shape index (κ2) is 7.61. The van der Waals surface area contributed by atoms with E-state index in [1.54, 1.807) is 7.11 Å². The average molecular weight is 381 g/mol. The number of nitrogens with one attached hydrogen (secondary N) is 1. The molecule has 4 rings (SSSR count). The lowest BCUT2D eigenvalue weighted by Gasteiger charge is -2.28. The highest BCUT2D eigenvalue weighted by atomic mass is 16.5. The van der Waals surface area contributed by atoms with Gasteiger partial charge < -0.3 is 24.5 Å². The third-order valence-corrected chi connectivity index (χ3v) is 5.26.